The Bertz CT molecular complexity index is 173. The Labute approximate surface area is 85.1 Å². The molecule has 1 unspecified atom stereocenters. The zero-order valence-corrected chi connectivity index (χ0v) is 8.61. The molecule has 1 fully saturated rings. The molecule has 0 radical (unpaired) electrons. The predicted molar refractivity (Wildman–Crippen MR) is 54.0 cm³/mol. The van der Waals surface area contributed by atoms with Crippen LogP contribution in [0.3, 0.4) is 0 Å². The average molecular weight is 200 g/mol. The summed E-state index contributed by atoms with van der Waals surface area (Å²) in [4.78, 5) is 10.9. The van der Waals surface area contributed by atoms with Gasteiger partial charge in [0, 0.05) is 6.61 Å². The van der Waals surface area contributed by atoms with Crippen LogP contribution in [0.25, 0.3) is 0 Å². The van der Waals surface area contributed by atoms with Crippen molar-refractivity contribution >= 4 is 5.97 Å². The van der Waals surface area contributed by atoms with Crippen LogP contribution in [0, 0.1) is 11.8 Å². The lowest BCUT2D eigenvalue weighted by molar-refractivity contribution is -0.143. The van der Waals surface area contributed by atoms with E-state index >= 15 is 0 Å². The fraction of sp³-hybridized carbons (Fsp3) is 0.909. The number of aliphatic carboxylic acids is 1. The summed E-state index contributed by atoms with van der Waals surface area (Å²) in [6.45, 7) is -0.0102. The van der Waals surface area contributed by atoms with Crippen molar-refractivity contribution < 1.29 is 15.0 Å². The number of hydrogen-bond acceptors (Lipinski definition) is 2. The quantitative estimate of drug-likeness (QED) is 0.714. The first-order valence-corrected chi connectivity index (χ1v) is 5.57. The van der Waals surface area contributed by atoms with E-state index in [0.29, 0.717) is 12.3 Å². The van der Waals surface area contributed by atoms with Crippen molar-refractivity contribution in [2.24, 2.45) is 11.8 Å². The van der Waals surface area contributed by atoms with E-state index in [9.17, 15) is 4.79 Å². The molecule has 1 aliphatic carbocycles. The first-order chi connectivity index (χ1) is 6.74. The Kier molecular flexibility index (Phi) is 4.94. The minimum atomic E-state index is -0.746. The second kappa shape index (κ2) is 6.02. The van der Waals surface area contributed by atoms with Crippen molar-refractivity contribution in [1.82, 2.24) is 0 Å². The van der Waals surface area contributed by atoms with Crippen LogP contribution in [0.5, 0.6) is 0 Å². The van der Waals surface area contributed by atoms with E-state index in [1.54, 1.807) is 0 Å². The van der Waals surface area contributed by atoms with Gasteiger partial charge in [-0.25, -0.2) is 0 Å². The normalized spacial score (nSPS) is 20.6. The van der Waals surface area contributed by atoms with E-state index in [1.165, 1.54) is 32.1 Å². The van der Waals surface area contributed by atoms with Gasteiger partial charge in [-0.15, -0.1) is 0 Å². The van der Waals surface area contributed by atoms with E-state index in [1.807, 2.05) is 0 Å². The van der Waals surface area contributed by atoms with Crippen LogP contribution < -0.4 is 0 Å². The fourth-order valence-corrected chi connectivity index (χ4v) is 2.32. The molecule has 0 aliphatic heterocycles. The van der Waals surface area contributed by atoms with Crippen molar-refractivity contribution in [2.45, 2.75) is 44.9 Å². The first-order valence-electron chi connectivity index (χ1n) is 5.57. The zero-order valence-electron chi connectivity index (χ0n) is 8.61. The summed E-state index contributed by atoms with van der Waals surface area (Å²) < 4.78 is 0. The van der Waals surface area contributed by atoms with Gasteiger partial charge in [0.25, 0.3) is 0 Å². The van der Waals surface area contributed by atoms with Gasteiger partial charge in [-0.3, -0.25) is 4.79 Å². The molecule has 3 heteroatoms. The smallest absolute Gasteiger partial charge is 0.306 e. The van der Waals surface area contributed by atoms with Crippen molar-refractivity contribution in [1.29, 1.82) is 0 Å². The predicted octanol–water partition coefficient (Wildman–Crippen LogP) is 2.04. The molecule has 2 N–H and O–H groups in total. The molecule has 0 aromatic heterocycles. The Morgan fingerprint density at radius 1 is 1.29 bits per heavy atom. The Balaban J connectivity index is 2.33. The molecule has 1 rings (SSSR count). The number of hydrogen-bond donors (Lipinski definition) is 2. The van der Waals surface area contributed by atoms with Gasteiger partial charge in [0.05, 0.1) is 5.92 Å². The molecule has 1 saturated carbocycles. The number of aliphatic hydroxyl groups is 1. The monoisotopic (exact) mass is 200 g/mol. The molecule has 0 aromatic carbocycles. The Morgan fingerprint density at radius 3 is 2.43 bits per heavy atom. The van der Waals surface area contributed by atoms with Gasteiger partial charge < -0.3 is 10.2 Å². The number of carbonyl (C=O) groups is 1. The molecular weight excluding hydrogens is 180 g/mol. The van der Waals surface area contributed by atoms with Gasteiger partial charge in [-0.2, -0.15) is 0 Å². The Morgan fingerprint density at radius 2 is 1.93 bits per heavy atom. The molecule has 3 nitrogen and oxygen atoms in total. The van der Waals surface area contributed by atoms with Crippen LogP contribution in [0.4, 0.5) is 0 Å². The Hall–Kier alpha value is -0.570. The minimum absolute atomic E-state index is 0.0102. The summed E-state index contributed by atoms with van der Waals surface area (Å²) in [5.41, 5.74) is 0. The van der Waals surface area contributed by atoms with Gasteiger partial charge in [-0.05, 0) is 18.8 Å². The molecule has 0 bridgehead atoms. The second-order valence-electron chi connectivity index (χ2n) is 4.29. The third-order valence-electron chi connectivity index (χ3n) is 3.17. The highest BCUT2D eigenvalue weighted by Crippen LogP contribution is 2.30. The van der Waals surface area contributed by atoms with Crippen molar-refractivity contribution in [3.05, 3.63) is 0 Å². The molecule has 0 aromatic rings. The molecule has 1 atom stereocenters. The highest BCUT2D eigenvalue weighted by atomic mass is 16.4. The molecule has 0 saturated heterocycles. The highest BCUT2D eigenvalue weighted by Gasteiger charge is 2.23. The molecule has 0 heterocycles. The molecule has 0 spiro atoms. The van der Waals surface area contributed by atoms with Gasteiger partial charge in [0.15, 0.2) is 0 Å². The zero-order chi connectivity index (χ0) is 10.4. The maximum Gasteiger partial charge on any atom is 0.306 e. The molecule has 82 valence electrons. The molecule has 1 aliphatic rings. The molecule has 0 amide bonds. The summed E-state index contributed by atoms with van der Waals surface area (Å²) in [5, 5.41) is 17.7. The van der Waals surface area contributed by atoms with Crippen LogP contribution in [0.1, 0.15) is 44.9 Å². The molecule has 14 heavy (non-hydrogen) atoms. The fourth-order valence-electron chi connectivity index (χ4n) is 2.32. The third-order valence-corrected chi connectivity index (χ3v) is 3.17. The van der Waals surface area contributed by atoms with Crippen LogP contribution >= 0.6 is 0 Å². The topological polar surface area (TPSA) is 57.5 Å². The van der Waals surface area contributed by atoms with Gasteiger partial charge in [0.2, 0.25) is 0 Å². The number of aliphatic hydroxyl groups excluding tert-OH is 1. The standard InChI is InChI=1S/C11H20O3/c12-7-6-10(11(13)14)8-9-4-2-1-3-5-9/h9-10,12H,1-8H2,(H,13,14). The van der Waals surface area contributed by atoms with Crippen LogP contribution in [-0.4, -0.2) is 22.8 Å². The lowest BCUT2D eigenvalue weighted by Crippen LogP contribution is -2.20. The molecular formula is C11H20O3. The highest BCUT2D eigenvalue weighted by molar-refractivity contribution is 5.69. The van der Waals surface area contributed by atoms with Crippen molar-refractivity contribution in [2.75, 3.05) is 6.61 Å². The first kappa shape index (κ1) is 11.5. The van der Waals surface area contributed by atoms with Gasteiger partial charge in [0.1, 0.15) is 0 Å². The number of rotatable bonds is 5. The van der Waals surface area contributed by atoms with Crippen LogP contribution in [0.2, 0.25) is 0 Å². The summed E-state index contributed by atoms with van der Waals surface area (Å²) in [5.74, 6) is -0.496. The summed E-state index contributed by atoms with van der Waals surface area (Å²) in [7, 11) is 0. The summed E-state index contributed by atoms with van der Waals surface area (Å²) >= 11 is 0. The van der Waals surface area contributed by atoms with Gasteiger partial charge >= 0.3 is 5.97 Å². The van der Waals surface area contributed by atoms with Crippen LogP contribution in [-0.2, 0) is 4.79 Å². The average Bonchev–Trinajstić information content (AvgIpc) is 2.18. The van der Waals surface area contributed by atoms with E-state index in [-0.39, 0.29) is 12.5 Å². The maximum absolute atomic E-state index is 10.9. The number of carboxylic acid groups (broad SMARTS) is 1. The van der Waals surface area contributed by atoms with E-state index in [4.69, 9.17) is 10.2 Å². The van der Waals surface area contributed by atoms with Crippen LogP contribution in [0.15, 0.2) is 0 Å². The van der Waals surface area contributed by atoms with Gasteiger partial charge in [-0.1, -0.05) is 32.1 Å². The maximum atomic E-state index is 10.9. The van der Waals surface area contributed by atoms with Crippen molar-refractivity contribution in [3.63, 3.8) is 0 Å². The van der Waals surface area contributed by atoms with E-state index < -0.39 is 5.97 Å². The SMILES string of the molecule is O=C(O)C(CCO)CC1CCCCC1. The van der Waals surface area contributed by atoms with E-state index in [2.05, 4.69) is 0 Å². The van der Waals surface area contributed by atoms with E-state index in [0.717, 1.165) is 6.42 Å². The number of carboxylic acids is 1. The lowest BCUT2D eigenvalue weighted by atomic mass is 9.82. The lowest BCUT2D eigenvalue weighted by Gasteiger charge is -2.24. The second-order valence-corrected chi connectivity index (χ2v) is 4.29. The summed E-state index contributed by atoms with van der Waals surface area (Å²) in [6.07, 6.45) is 7.31. The van der Waals surface area contributed by atoms with Crippen molar-refractivity contribution in [3.8, 4) is 0 Å². The largest absolute Gasteiger partial charge is 0.481 e. The third kappa shape index (κ3) is 3.66. The minimum Gasteiger partial charge on any atom is -0.481 e. The summed E-state index contributed by atoms with van der Waals surface area (Å²) in [6, 6.07) is 0.